The second kappa shape index (κ2) is 6.68. The summed E-state index contributed by atoms with van der Waals surface area (Å²) in [5, 5.41) is 0. The monoisotopic (exact) mass is 327 g/mol. The summed E-state index contributed by atoms with van der Waals surface area (Å²) in [5.41, 5.74) is 4.04. The summed E-state index contributed by atoms with van der Waals surface area (Å²) < 4.78 is 15.6. The standard InChI is InChI=1S/C20H25NOS/c1-20(2,3)23(22)21-19-14-13-16(15-9-5-4-6-10-15)17-11-7-8-12-18(17)19/h4-12,16,19,21H,13-14H2,1-3H3/t16-,19+,23?/m0/s1. The molecule has 2 aromatic carbocycles. The number of fused-ring (bicyclic) bond motifs is 1. The van der Waals surface area contributed by atoms with Crippen LogP contribution in [0.1, 0.15) is 62.3 Å². The molecule has 1 aliphatic rings. The van der Waals surface area contributed by atoms with Crippen molar-refractivity contribution in [2.75, 3.05) is 0 Å². The van der Waals surface area contributed by atoms with Crippen LogP contribution in [0, 0.1) is 0 Å². The van der Waals surface area contributed by atoms with E-state index in [0.29, 0.717) is 5.92 Å². The summed E-state index contributed by atoms with van der Waals surface area (Å²) in [6.45, 7) is 6.03. The van der Waals surface area contributed by atoms with E-state index in [1.807, 2.05) is 20.8 Å². The summed E-state index contributed by atoms with van der Waals surface area (Å²) >= 11 is -1.05. The lowest BCUT2D eigenvalue weighted by Crippen LogP contribution is -2.42. The lowest BCUT2D eigenvalue weighted by Gasteiger charge is -2.34. The molecule has 2 aromatic rings. The SMILES string of the molecule is CC(C)(C)[S+]([O-])N[C@@H]1CC[C@@H](c2ccccc2)c2ccccc21. The minimum absolute atomic E-state index is 0.172. The highest BCUT2D eigenvalue weighted by Crippen LogP contribution is 2.41. The first-order valence-corrected chi connectivity index (χ1v) is 9.43. The second-order valence-electron chi connectivity index (χ2n) is 7.22. The van der Waals surface area contributed by atoms with Gasteiger partial charge in [0.15, 0.2) is 0 Å². The zero-order valence-corrected chi connectivity index (χ0v) is 14.9. The molecule has 1 N–H and O–H groups in total. The fourth-order valence-electron chi connectivity index (χ4n) is 3.25. The van der Waals surface area contributed by atoms with Crippen molar-refractivity contribution >= 4 is 11.4 Å². The first kappa shape index (κ1) is 16.6. The highest BCUT2D eigenvalue weighted by molar-refractivity contribution is 7.90. The van der Waals surface area contributed by atoms with Gasteiger partial charge in [-0.25, -0.2) is 0 Å². The van der Waals surface area contributed by atoms with Crippen LogP contribution in [0.15, 0.2) is 54.6 Å². The van der Waals surface area contributed by atoms with Gasteiger partial charge in [0, 0.05) is 17.3 Å². The number of benzene rings is 2. The first-order chi connectivity index (χ1) is 11.0. The predicted molar refractivity (Wildman–Crippen MR) is 97.7 cm³/mol. The Hall–Kier alpha value is -1.29. The minimum Gasteiger partial charge on any atom is -0.598 e. The topological polar surface area (TPSA) is 35.1 Å². The van der Waals surface area contributed by atoms with Crippen LogP contribution in [0.3, 0.4) is 0 Å². The van der Waals surface area contributed by atoms with Gasteiger partial charge in [-0.05, 0) is 50.3 Å². The zero-order valence-electron chi connectivity index (χ0n) is 14.1. The molecular weight excluding hydrogens is 302 g/mol. The van der Waals surface area contributed by atoms with Crippen LogP contribution >= 0.6 is 0 Å². The van der Waals surface area contributed by atoms with E-state index < -0.39 is 11.4 Å². The molecule has 122 valence electrons. The van der Waals surface area contributed by atoms with Crippen molar-refractivity contribution in [1.29, 1.82) is 0 Å². The molecule has 0 aliphatic heterocycles. The van der Waals surface area contributed by atoms with Gasteiger partial charge in [0.05, 0.1) is 6.04 Å². The van der Waals surface area contributed by atoms with Crippen LogP contribution in [-0.4, -0.2) is 9.30 Å². The zero-order chi connectivity index (χ0) is 16.4. The summed E-state index contributed by atoms with van der Waals surface area (Å²) in [5.74, 6) is 0.438. The largest absolute Gasteiger partial charge is 0.598 e. The van der Waals surface area contributed by atoms with Crippen LogP contribution in [0.4, 0.5) is 0 Å². The van der Waals surface area contributed by atoms with Crippen molar-refractivity contribution in [3.63, 3.8) is 0 Å². The molecule has 0 spiro atoms. The van der Waals surface area contributed by atoms with E-state index in [-0.39, 0.29) is 10.8 Å². The summed E-state index contributed by atoms with van der Waals surface area (Å²) in [6.07, 6.45) is 2.10. The van der Waals surface area contributed by atoms with Gasteiger partial charge in [0.2, 0.25) is 0 Å². The Morgan fingerprint density at radius 1 is 0.913 bits per heavy atom. The van der Waals surface area contributed by atoms with Crippen LogP contribution in [-0.2, 0) is 11.4 Å². The molecule has 0 saturated heterocycles. The van der Waals surface area contributed by atoms with E-state index in [2.05, 4.69) is 59.3 Å². The molecule has 3 rings (SSSR count). The van der Waals surface area contributed by atoms with Crippen LogP contribution < -0.4 is 4.72 Å². The van der Waals surface area contributed by atoms with Gasteiger partial charge >= 0.3 is 0 Å². The van der Waals surface area contributed by atoms with Gasteiger partial charge in [0.1, 0.15) is 4.75 Å². The lowest BCUT2D eigenvalue weighted by molar-refractivity contribution is 0.472. The van der Waals surface area contributed by atoms with Crippen molar-refractivity contribution in [3.05, 3.63) is 71.3 Å². The third-order valence-corrected chi connectivity index (χ3v) is 6.11. The Morgan fingerprint density at radius 3 is 2.17 bits per heavy atom. The quantitative estimate of drug-likeness (QED) is 0.829. The van der Waals surface area contributed by atoms with E-state index >= 15 is 0 Å². The van der Waals surface area contributed by atoms with Crippen LogP contribution in [0.2, 0.25) is 0 Å². The van der Waals surface area contributed by atoms with Crippen LogP contribution in [0.5, 0.6) is 0 Å². The Labute approximate surface area is 142 Å². The van der Waals surface area contributed by atoms with Gasteiger partial charge in [-0.3, -0.25) is 0 Å². The molecule has 3 heteroatoms. The van der Waals surface area contributed by atoms with Crippen molar-refractivity contribution in [3.8, 4) is 0 Å². The van der Waals surface area contributed by atoms with E-state index in [1.54, 1.807) is 0 Å². The van der Waals surface area contributed by atoms with Gasteiger partial charge in [-0.2, -0.15) is 0 Å². The summed E-state index contributed by atoms with van der Waals surface area (Å²) in [7, 11) is 0. The van der Waals surface area contributed by atoms with Crippen molar-refractivity contribution < 1.29 is 4.55 Å². The van der Waals surface area contributed by atoms with E-state index in [4.69, 9.17) is 0 Å². The summed E-state index contributed by atoms with van der Waals surface area (Å²) in [6, 6.07) is 19.5. The number of hydrogen-bond donors (Lipinski definition) is 1. The minimum atomic E-state index is -1.05. The molecule has 2 nitrogen and oxygen atoms in total. The predicted octanol–water partition coefficient (Wildman–Crippen LogP) is 4.71. The Kier molecular flexibility index (Phi) is 4.81. The number of rotatable bonds is 3. The molecule has 0 saturated carbocycles. The van der Waals surface area contributed by atoms with E-state index in [0.717, 1.165) is 12.8 Å². The maximum Gasteiger partial charge on any atom is 0.136 e. The molecule has 0 bridgehead atoms. The lowest BCUT2D eigenvalue weighted by atomic mass is 9.77. The molecule has 23 heavy (non-hydrogen) atoms. The number of nitrogens with one attached hydrogen (secondary N) is 1. The second-order valence-corrected chi connectivity index (χ2v) is 9.22. The normalized spacial score (nSPS) is 22.4. The highest BCUT2D eigenvalue weighted by atomic mass is 32.2. The van der Waals surface area contributed by atoms with Crippen LogP contribution in [0.25, 0.3) is 0 Å². The molecule has 0 aromatic heterocycles. The fourth-order valence-corrected chi connectivity index (χ4v) is 4.11. The average Bonchev–Trinajstić information content (AvgIpc) is 2.55. The molecule has 1 unspecified atom stereocenters. The Bertz CT molecular complexity index is 650. The molecule has 3 atom stereocenters. The molecule has 0 fully saturated rings. The molecule has 0 radical (unpaired) electrons. The Balaban J connectivity index is 1.89. The highest BCUT2D eigenvalue weighted by Gasteiger charge is 2.34. The maximum absolute atomic E-state index is 12.5. The van der Waals surface area contributed by atoms with E-state index in [1.165, 1.54) is 16.7 Å². The molecule has 1 aliphatic carbocycles. The van der Waals surface area contributed by atoms with Gasteiger partial charge in [-0.15, -0.1) is 4.72 Å². The Morgan fingerprint density at radius 2 is 1.52 bits per heavy atom. The molecule has 0 amide bonds. The first-order valence-electron chi connectivity index (χ1n) is 8.28. The maximum atomic E-state index is 12.5. The smallest absolute Gasteiger partial charge is 0.136 e. The van der Waals surface area contributed by atoms with Gasteiger partial charge in [0.25, 0.3) is 0 Å². The van der Waals surface area contributed by atoms with E-state index in [9.17, 15) is 4.55 Å². The average molecular weight is 327 g/mol. The molecule has 0 heterocycles. The fraction of sp³-hybridized carbons (Fsp3) is 0.400. The summed E-state index contributed by atoms with van der Waals surface area (Å²) in [4.78, 5) is 0. The van der Waals surface area contributed by atoms with Gasteiger partial charge in [-0.1, -0.05) is 54.6 Å². The van der Waals surface area contributed by atoms with Crippen molar-refractivity contribution in [1.82, 2.24) is 4.72 Å². The third kappa shape index (κ3) is 3.63. The molecular formula is C20H25NOS. The van der Waals surface area contributed by atoms with Crippen molar-refractivity contribution in [2.24, 2.45) is 0 Å². The van der Waals surface area contributed by atoms with Crippen molar-refractivity contribution in [2.45, 2.75) is 50.3 Å². The van der Waals surface area contributed by atoms with Gasteiger partial charge < -0.3 is 4.55 Å². The number of hydrogen-bond acceptors (Lipinski definition) is 2. The third-order valence-electron chi connectivity index (χ3n) is 4.50.